The standard InChI is InChI=1S/C22H28N4O3/c27-20(24-15-17-4-3-11-23-14-17)8-7-16-9-12-26(13-10-16)22(28)21-18-5-1-2-6-19(18)29-25-21/h3-4,11,14,16H,1-2,5-10,12-13,15H2,(H,24,27). The molecule has 0 spiro atoms. The number of hydrogen-bond donors (Lipinski definition) is 1. The number of hydrogen-bond acceptors (Lipinski definition) is 5. The average molecular weight is 396 g/mol. The minimum absolute atomic E-state index is 0.00423. The summed E-state index contributed by atoms with van der Waals surface area (Å²) >= 11 is 0. The molecule has 7 nitrogen and oxygen atoms in total. The van der Waals surface area contributed by atoms with Crippen LogP contribution in [0.2, 0.25) is 0 Å². The summed E-state index contributed by atoms with van der Waals surface area (Å²) in [7, 11) is 0. The van der Waals surface area contributed by atoms with Gasteiger partial charge in [0.25, 0.3) is 5.91 Å². The van der Waals surface area contributed by atoms with Crippen molar-refractivity contribution < 1.29 is 14.1 Å². The molecular weight excluding hydrogens is 368 g/mol. The molecule has 29 heavy (non-hydrogen) atoms. The fourth-order valence-corrected chi connectivity index (χ4v) is 4.25. The van der Waals surface area contributed by atoms with Gasteiger partial charge in [-0.05, 0) is 56.1 Å². The van der Waals surface area contributed by atoms with Crippen molar-refractivity contribution in [3.8, 4) is 0 Å². The second kappa shape index (κ2) is 9.20. The normalized spacial score (nSPS) is 17.0. The Morgan fingerprint density at radius 1 is 1.21 bits per heavy atom. The minimum Gasteiger partial charge on any atom is -0.360 e. The van der Waals surface area contributed by atoms with Crippen molar-refractivity contribution in [2.45, 2.75) is 57.9 Å². The number of nitrogens with one attached hydrogen (secondary N) is 1. The summed E-state index contributed by atoms with van der Waals surface area (Å²) in [5.74, 6) is 1.45. The Morgan fingerprint density at radius 3 is 2.83 bits per heavy atom. The molecule has 0 aromatic carbocycles. The molecule has 1 aliphatic heterocycles. The molecule has 4 rings (SSSR count). The van der Waals surface area contributed by atoms with Crippen LogP contribution >= 0.6 is 0 Å². The number of rotatable bonds is 6. The summed E-state index contributed by atoms with van der Waals surface area (Å²) in [6.45, 7) is 1.96. The van der Waals surface area contributed by atoms with E-state index in [1.54, 1.807) is 12.4 Å². The molecule has 0 atom stereocenters. The molecule has 2 aromatic heterocycles. The van der Waals surface area contributed by atoms with Gasteiger partial charge in [0.05, 0.1) is 0 Å². The molecule has 2 aliphatic rings. The summed E-state index contributed by atoms with van der Waals surface area (Å²) < 4.78 is 5.39. The maximum absolute atomic E-state index is 12.9. The molecule has 3 heterocycles. The number of aromatic nitrogens is 2. The van der Waals surface area contributed by atoms with Crippen LogP contribution in [0.4, 0.5) is 0 Å². The molecule has 0 radical (unpaired) electrons. The van der Waals surface area contributed by atoms with Gasteiger partial charge in [-0.25, -0.2) is 0 Å². The highest BCUT2D eigenvalue weighted by atomic mass is 16.5. The van der Waals surface area contributed by atoms with Crippen LogP contribution in [0.15, 0.2) is 29.0 Å². The highest BCUT2D eigenvalue weighted by molar-refractivity contribution is 5.94. The molecular formula is C22H28N4O3. The molecule has 154 valence electrons. The summed E-state index contributed by atoms with van der Waals surface area (Å²) in [6.07, 6.45) is 10.7. The van der Waals surface area contributed by atoms with E-state index in [0.717, 1.165) is 74.9 Å². The summed E-state index contributed by atoms with van der Waals surface area (Å²) in [5.41, 5.74) is 2.55. The van der Waals surface area contributed by atoms with E-state index in [2.05, 4.69) is 15.5 Å². The van der Waals surface area contributed by atoms with Crippen LogP contribution in [-0.4, -0.2) is 39.9 Å². The first-order valence-corrected chi connectivity index (χ1v) is 10.6. The predicted octanol–water partition coefficient (Wildman–Crippen LogP) is 2.90. The molecule has 1 N–H and O–H groups in total. The molecule has 1 aliphatic carbocycles. The van der Waals surface area contributed by atoms with E-state index >= 15 is 0 Å². The quantitative estimate of drug-likeness (QED) is 0.811. The van der Waals surface area contributed by atoms with Gasteiger partial charge in [-0.15, -0.1) is 0 Å². The lowest BCUT2D eigenvalue weighted by Gasteiger charge is -2.31. The van der Waals surface area contributed by atoms with Gasteiger partial charge in [-0.1, -0.05) is 11.2 Å². The van der Waals surface area contributed by atoms with E-state index in [9.17, 15) is 9.59 Å². The van der Waals surface area contributed by atoms with Crippen molar-refractivity contribution in [1.29, 1.82) is 0 Å². The average Bonchev–Trinajstić information content (AvgIpc) is 3.21. The van der Waals surface area contributed by atoms with Crippen LogP contribution in [0.5, 0.6) is 0 Å². The smallest absolute Gasteiger partial charge is 0.276 e. The van der Waals surface area contributed by atoms with Crippen LogP contribution < -0.4 is 5.32 Å². The van der Waals surface area contributed by atoms with Gasteiger partial charge < -0.3 is 14.7 Å². The third kappa shape index (κ3) is 4.83. The number of amides is 2. The Balaban J connectivity index is 1.20. The Labute approximate surface area is 170 Å². The first-order chi connectivity index (χ1) is 14.2. The van der Waals surface area contributed by atoms with Crippen LogP contribution in [0.3, 0.4) is 0 Å². The lowest BCUT2D eigenvalue weighted by molar-refractivity contribution is -0.121. The van der Waals surface area contributed by atoms with E-state index < -0.39 is 0 Å². The molecule has 2 amide bonds. The second-order valence-electron chi connectivity index (χ2n) is 8.05. The molecule has 1 saturated heterocycles. The Kier molecular flexibility index (Phi) is 6.22. The topological polar surface area (TPSA) is 88.3 Å². The van der Waals surface area contributed by atoms with E-state index in [1.807, 2.05) is 17.0 Å². The number of likely N-dealkylation sites (tertiary alicyclic amines) is 1. The third-order valence-electron chi connectivity index (χ3n) is 6.05. The van der Waals surface area contributed by atoms with Gasteiger partial charge in [0, 0.05) is 50.4 Å². The maximum atomic E-state index is 12.9. The van der Waals surface area contributed by atoms with Gasteiger partial charge in [0.2, 0.25) is 5.91 Å². The van der Waals surface area contributed by atoms with Gasteiger partial charge in [0.15, 0.2) is 5.69 Å². The highest BCUT2D eigenvalue weighted by Gasteiger charge is 2.30. The van der Waals surface area contributed by atoms with Crippen LogP contribution in [0, 0.1) is 5.92 Å². The van der Waals surface area contributed by atoms with Gasteiger partial charge in [-0.3, -0.25) is 14.6 Å². The van der Waals surface area contributed by atoms with Crippen molar-refractivity contribution in [2.75, 3.05) is 13.1 Å². The lowest BCUT2D eigenvalue weighted by Crippen LogP contribution is -2.39. The Hall–Kier alpha value is -2.70. The summed E-state index contributed by atoms with van der Waals surface area (Å²) in [6, 6.07) is 3.82. The monoisotopic (exact) mass is 396 g/mol. The van der Waals surface area contributed by atoms with Crippen molar-refractivity contribution in [1.82, 2.24) is 20.4 Å². The number of carbonyl (C=O) groups excluding carboxylic acids is 2. The number of nitrogens with zero attached hydrogens (tertiary/aromatic N) is 3. The van der Waals surface area contributed by atoms with Crippen molar-refractivity contribution in [3.05, 3.63) is 47.1 Å². The maximum Gasteiger partial charge on any atom is 0.276 e. The summed E-state index contributed by atoms with van der Waals surface area (Å²) in [5, 5.41) is 7.02. The number of carbonyl (C=O) groups is 2. The first-order valence-electron chi connectivity index (χ1n) is 10.6. The number of aryl methyl sites for hydroxylation is 1. The second-order valence-corrected chi connectivity index (χ2v) is 8.05. The van der Waals surface area contributed by atoms with Crippen molar-refractivity contribution >= 4 is 11.8 Å². The minimum atomic E-state index is 0.00423. The number of pyridine rings is 1. The lowest BCUT2D eigenvalue weighted by atomic mass is 9.91. The molecule has 0 saturated carbocycles. The van der Waals surface area contributed by atoms with Crippen molar-refractivity contribution in [3.63, 3.8) is 0 Å². The number of piperidine rings is 1. The largest absolute Gasteiger partial charge is 0.360 e. The van der Waals surface area contributed by atoms with Crippen LogP contribution in [0.1, 0.15) is 65.9 Å². The number of fused-ring (bicyclic) bond motifs is 1. The predicted molar refractivity (Wildman–Crippen MR) is 107 cm³/mol. The molecule has 7 heteroatoms. The zero-order chi connectivity index (χ0) is 20.1. The molecule has 2 aromatic rings. The highest BCUT2D eigenvalue weighted by Crippen LogP contribution is 2.27. The molecule has 0 bridgehead atoms. The Bertz CT molecular complexity index is 841. The van der Waals surface area contributed by atoms with Gasteiger partial charge >= 0.3 is 0 Å². The van der Waals surface area contributed by atoms with E-state index in [1.165, 1.54) is 0 Å². The van der Waals surface area contributed by atoms with E-state index in [4.69, 9.17) is 4.52 Å². The third-order valence-corrected chi connectivity index (χ3v) is 6.05. The Morgan fingerprint density at radius 2 is 2.03 bits per heavy atom. The van der Waals surface area contributed by atoms with E-state index in [0.29, 0.717) is 24.6 Å². The first kappa shape index (κ1) is 19.6. The zero-order valence-electron chi connectivity index (χ0n) is 16.7. The summed E-state index contributed by atoms with van der Waals surface area (Å²) in [4.78, 5) is 30.9. The van der Waals surface area contributed by atoms with Crippen molar-refractivity contribution in [2.24, 2.45) is 5.92 Å². The molecule has 0 unspecified atom stereocenters. The fraction of sp³-hybridized carbons (Fsp3) is 0.545. The molecule has 1 fully saturated rings. The van der Waals surface area contributed by atoms with Gasteiger partial charge in [0.1, 0.15) is 5.76 Å². The van der Waals surface area contributed by atoms with Crippen LogP contribution in [-0.2, 0) is 24.2 Å². The van der Waals surface area contributed by atoms with Gasteiger partial charge in [-0.2, -0.15) is 0 Å². The zero-order valence-corrected chi connectivity index (χ0v) is 16.7. The fourth-order valence-electron chi connectivity index (χ4n) is 4.25. The SMILES string of the molecule is O=C(CCC1CCN(C(=O)c2noc3c2CCCC3)CC1)NCc1cccnc1. The van der Waals surface area contributed by atoms with E-state index in [-0.39, 0.29) is 11.8 Å². The van der Waals surface area contributed by atoms with Crippen LogP contribution in [0.25, 0.3) is 0 Å².